The molecule has 0 saturated carbocycles. The number of hydrogen-bond donors (Lipinski definition) is 0. The zero-order valence-electron chi connectivity index (χ0n) is 12.9. The van der Waals surface area contributed by atoms with E-state index in [-0.39, 0.29) is 5.41 Å². The van der Waals surface area contributed by atoms with Crippen LogP contribution < -0.4 is 0 Å². The van der Waals surface area contributed by atoms with E-state index in [2.05, 4.69) is 53.6 Å². The van der Waals surface area contributed by atoms with Crippen LogP contribution in [0.2, 0.25) is 0 Å². The van der Waals surface area contributed by atoms with Gasteiger partial charge in [0.05, 0.1) is 5.52 Å². The number of nitrogens with zero attached hydrogens (tertiary/aromatic N) is 2. The Balaban J connectivity index is 3.03. The molecule has 0 N–H and O–H groups in total. The Bertz CT molecular complexity index is 625. The molecule has 0 fully saturated rings. The van der Waals surface area contributed by atoms with Crippen molar-refractivity contribution in [2.75, 3.05) is 0 Å². The van der Waals surface area contributed by atoms with Crippen molar-refractivity contribution in [3.8, 4) is 0 Å². The summed E-state index contributed by atoms with van der Waals surface area (Å²) in [5.41, 5.74) is 8.19. The van der Waals surface area contributed by atoms with Crippen LogP contribution in [0.15, 0.2) is 0 Å². The van der Waals surface area contributed by atoms with Crippen LogP contribution in [0.5, 0.6) is 0 Å². The fourth-order valence-corrected chi connectivity index (χ4v) is 3.22. The van der Waals surface area contributed by atoms with E-state index >= 15 is 0 Å². The van der Waals surface area contributed by atoms with Gasteiger partial charge in [0.1, 0.15) is 0 Å². The third-order valence-corrected chi connectivity index (χ3v) is 4.13. The van der Waals surface area contributed by atoms with E-state index in [1.54, 1.807) is 0 Å². The van der Waals surface area contributed by atoms with Crippen LogP contribution in [-0.4, -0.2) is 9.78 Å². The topological polar surface area (TPSA) is 17.8 Å². The highest BCUT2D eigenvalue weighted by molar-refractivity contribution is 5.90. The summed E-state index contributed by atoms with van der Waals surface area (Å²) >= 11 is 0. The maximum absolute atomic E-state index is 4.67. The van der Waals surface area contributed by atoms with Gasteiger partial charge in [0, 0.05) is 18.1 Å². The average molecular weight is 244 g/mol. The zero-order chi connectivity index (χ0) is 13.8. The minimum absolute atomic E-state index is 0.176. The summed E-state index contributed by atoms with van der Waals surface area (Å²) < 4.78 is 2.00. The fraction of sp³-hybridized carbons (Fsp3) is 0.562. The van der Waals surface area contributed by atoms with E-state index in [4.69, 9.17) is 0 Å². The van der Waals surface area contributed by atoms with Crippen molar-refractivity contribution in [3.05, 3.63) is 27.9 Å². The van der Waals surface area contributed by atoms with Gasteiger partial charge in [-0.25, -0.2) is 0 Å². The number of rotatable bonds is 0. The molecule has 0 aliphatic heterocycles. The van der Waals surface area contributed by atoms with Gasteiger partial charge in [-0.05, 0) is 55.4 Å². The van der Waals surface area contributed by atoms with E-state index in [0.717, 1.165) is 5.52 Å². The molecule has 1 aromatic carbocycles. The lowest BCUT2D eigenvalue weighted by molar-refractivity contribution is 0.582. The SMILES string of the molecule is Cc1c(C(C)(C)C)c(C)c2c(C)n(C)nc2c1C. The summed E-state index contributed by atoms with van der Waals surface area (Å²) in [5.74, 6) is 0. The quantitative estimate of drug-likeness (QED) is 0.682. The molecule has 1 aromatic heterocycles. The van der Waals surface area contributed by atoms with Gasteiger partial charge >= 0.3 is 0 Å². The summed E-state index contributed by atoms with van der Waals surface area (Å²) in [6.45, 7) is 15.7. The van der Waals surface area contributed by atoms with Gasteiger partial charge in [-0.15, -0.1) is 0 Å². The number of aromatic nitrogens is 2. The number of benzene rings is 1. The number of hydrogen-bond acceptors (Lipinski definition) is 1. The molecule has 1 heterocycles. The predicted octanol–water partition coefficient (Wildman–Crippen LogP) is 4.10. The Morgan fingerprint density at radius 2 is 1.44 bits per heavy atom. The second-order valence-electron chi connectivity index (χ2n) is 6.43. The molecule has 0 atom stereocenters. The average Bonchev–Trinajstić information content (AvgIpc) is 2.51. The highest BCUT2D eigenvalue weighted by atomic mass is 15.3. The Labute approximate surface area is 110 Å². The van der Waals surface area contributed by atoms with Gasteiger partial charge in [-0.3, -0.25) is 4.68 Å². The van der Waals surface area contributed by atoms with Crippen LogP contribution in [0.25, 0.3) is 10.9 Å². The monoisotopic (exact) mass is 244 g/mol. The van der Waals surface area contributed by atoms with Gasteiger partial charge in [-0.1, -0.05) is 20.8 Å². The van der Waals surface area contributed by atoms with E-state index < -0.39 is 0 Å². The molecule has 0 radical (unpaired) electrons. The second-order valence-corrected chi connectivity index (χ2v) is 6.43. The third kappa shape index (κ3) is 1.66. The van der Waals surface area contributed by atoms with Gasteiger partial charge in [0.2, 0.25) is 0 Å². The second kappa shape index (κ2) is 3.84. The lowest BCUT2D eigenvalue weighted by Gasteiger charge is -2.26. The van der Waals surface area contributed by atoms with Crippen LogP contribution in [0.1, 0.15) is 48.7 Å². The van der Waals surface area contributed by atoms with Crippen molar-refractivity contribution in [1.29, 1.82) is 0 Å². The van der Waals surface area contributed by atoms with Gasteiger partial charge in [0.15, 0.2) is 0 Å². The Morgan fingerprint density at radius 1 is 0.889 bits per heavy atom. The minimum atomic E-state index is 0.176. The molecule has 0 aliphatic carbocycles. The van der Waals surface area contributed by atoms with Crippen LogP contribution in [0.3, 0.4) is 0 Å². The van der Waals surface area contributed by atoms with Crippen molar-refractivity contribution >= 4 is 10.9 Å². The number of aryl methyl sites for hydroxylation is 4. The molecule has 2 aromatic rings. The van der Waals surface area contributed by atoms with Gasteiger partial charge in [-0.2, -0.15) is 5.10 Å². The molecule has 0 amide bonds. The number of fused-ring (bicyclic) bond motifs is 1. The molecule has 0 aliphatic rings. The molecule has 0 spiro atoms. The van der Waals surface area contributed by atoms with E-state index in [0.29, 0.717) is 0 Å². The summed E-state index contributed by atoms with van der Waals surface area (Å²) in [5, 5.41) is 6.01. The van der Waals surface area contributed by atoms with Gasteiger partial charge < -0.3 is 0 Å². The van der Waals surface area contributed by atoms with Crippen molar-refractivity contribution in [2.45, 2.75) is 53.9 Å². The van der Waals surface area contributed by atoms with Crippen molar-refractivity contribution in [2.24, 2.45) is 7.05 Å². The van der Waals surface area contributed by atoms with Crippen LogP contribution in [0, 0.1) is 27.7 Å². The largest absolute Gasteiger partial charge is 0.272 e. The van der Waals surface area contributed by atoms with Crippen molar-refractivity contribution in [3.63, 3.8) is 0 Å². The highest BCUT2D eigenvalue weighted by Gasteiger charge is 2.24. The molecule has 18 heavy (non-hydrogen) atoms. The minimum Gasteiger partial charge on any atom is -0.272 e. The fourth-order valence-electron chi connectivity index (χ4n) is 3.22. The summed E-state index contributed by atoms with van der Waals surface area (Å²) in [6.07, 6.45) is 0. The first-order chi connectivity index (χ1) is 8.16. The molecule has 0 bridgehead atoms. The van der Waals surface area contributed by atoms with Crippen molar-refractivity contribution in [1.82, 2.24) is 9.78 Å². The van der Waals surface area contributed by atoms with Crippen LogP contribution >= 0.6 is 0 Å². The Morgan fingerprint density at radius 3 is 1.94 bits per heavy atom. The first-order valence-corrected chi connectivity index (χ1v) is 6.59. The van der Waals surface area contributed by atoms with Crippen molar-refractivity contribution < 1.29 is 0 Å². The highest BCUT2D eigenvalue weighted by Crippen LogP contribution is 2.37. The molecule has 2 nitrogen and oxygen atoms in total. The van der Waals surface area contributed by atoms with Crippen LogP contribution in [0.4, 0.5) is 0 Å². The Hall–Kier alpha value is -1.31. The van der Waals surface area contributed by atoms with Gasteiger partial charge in [0.25, 0.3) is 0 Å². The summed E-state index contributed by atoms with van der Waals surface area (Å²) in [7, 11) is 2.03. The predicted molar refractivity (Wildman–Crippen MR) is 78.4 cm³/mol. The lowest BCUT2D eigenvalue weighted by Crippen LogP contribution is -2.16. The molecular weight excluding hydrogens is 220 g/mol. The maximum atomic E-state index is 4.67. The van der Waals surface area contributed by atoms with Crippen LogP contribution in [-0.2, 0) is 12.5 Å². The normalized spacial score (nSPS) is 12.4. The smallest absolute Gasteiger partial charge is 0.0960 e. The standard InChI is InChI=1S/C16H24N2/c1-9-10(2)15-13(12(4)18(8)17-15)11(3)14(9)16(5,6)7/h1-8H3. The van der Waals surface area contributed by atoms with E-state index in [1.165, 1.54) is 33.3 Å². The lowest BCUT2D eigenvalue weighted by atomic mass is 9.78. The maximum Gasteiger partial charge on any atom is 0.0960 e. The molecule has 2 rings (SSSR count). The Kier molecular flexibility index (Phi) is 2.80. The first-order valence-electron chi connectivity index (χ1n) is 6.59. The molecule has 0 saturated heterocycles. The van der Waals surface area contributed by atoms with E-state index in [9.17, 15) is 0 Å². The third-order valence-electron chi connectivity index (χ3n) is 4.13. The molecule has 0 unspecified atom stereocenters. The molecule has 2 heteroatoms. The van der Waals surface area contributed by atoms with E-state index in [1.807, 2.05) is 11.7 Å². The summed E-state index contributed by atoms with van der Waals surface area (Å²) in [4.78, 5) is 0. The summed E-state index contributed by atoms with van der Waals surface area (Å²) in [6, 6.07) is 0. The zero-order valence-corrected chi connectivity index (χ0v) is 12.9. The molecular formula is C16H24N2. The molecule has 98 valence electrons. The first kappa shape index (κ1) is 13.1.